The van der Waals surface area contributed by atoms with Gasteiger partial charge in [-0.05, 0) is 53.9 Å². The van der Waals surface area contributed by atoms with Crippen molar-refractivity contribution in [1.29, 1.82) is 0 Å². The number of aromatic nitrogens is 2. The van der Waals surface area contributed by atoms with Gasteiger partial charge >= 0.3 is 12.2 Å². The van der Waals surface area contributed by atoms with E-state index >= 15 is 0 Å². The number of rotatable bonds is 8. The molecule has 0 bridgehead atoms. The van der Waals surface area contributed by atoms with Crippen molar-refractivity contribution in [3.63, 3.8) is 0 Å². The molecule has 0 aliphatic rings. The highest BCUT2D eigenvalue weighted by Gasteiger charge is 2.31. The predicted molar refractivity (Wildman–Crippen MR) is 150 cm³/mol. The fourth-order valence-corrected chi connectivity index (χ4v) is 3.76. The number of nitrogens with one attached hydrogen (secondary N) is 3. The van der Waals surface area contributed by atoms with Crippen LogP contribution in [0.5, 0.6) is 0 Å². The van der Waals surface area contributed by atoms with E-state index in [1.54, 1.807) is 25.1 Å². The van der Waals surface area contributed by atoms with Gasteiger partial charge in [0.05, 0.1) is 12.2 Å². The van der Waals surface area contributed by atoms with E-state index in [1.165, 1.54) is 30.4 Å². The summed E-state index contributed by atoms with van der Waals surface area (Å²) >= 11 is 0. The van der Waals surface area contributed by atoms with Crippen molar-refractivity contribution in [3.8, 4) is 0 Å². The number of aliphatic hydroxyl groups excluding tert-OH is 1. The van der Waals surface area contributed by atoms with Crippen molar-refractivity contribution >= 4 is 34.9 Å². The number of aliphatic hydroxyl groups is 1. The van der Waals surface area contributed by atoms with E-state index in [1.807, 2.05) is 24.3 Å². The van der Waals surface area contributed by atoms with Crippen LogP contribution in [0.4, 0.5) is 41.0 Å². The Kier molecular flexibility index (Phi) is 8.83. The minimum Gasteiger partial charge on any atom is -0.392 e. The molecule has 0 radical (unpaired) electrons. The summed E-state index contributed by atoms with van der Waals surface area (Å²) < 4.78 is 39.1. The quantitative estimate of drug-likeness (QED) is 0.214. The van der Waals surface area contributed by atoms with Crippen LogP contribution in [0.25, 0.3) is 0 Å². The molecule has 0 spiro atoms. The summed E-state index contributed by atoms with van der Waals surface area (Å²) in [7, 11) is 1.53. The lowest BCUT2D eigenvalue weighted by molar-refractivity contribution is -0.137. The van der Waals surface area contributed by atoms with E-state index in [9.17, 15) is 27.9 Å². The number of carbonyl (C=O) groups is 2. The van der Waals surface area contributed by atoms with Crippen molar-refractivity contribution in [3.05, 3.63) is 107 Å². The topological polar surface area (TPSA) is 119 Å². The van der Waals surface area contributed by atoms with Crippen molar-refractivity contribution in [1.82, 2.24) is 9.97 Å². The average molecular weight is 565 g/mol. The normalized spacial score (nSPS) is 11.1. The number of benzene rings is 3. The Bertz CT molecular complexity index is 1540. The molecule has 0 fully saturated rings. The fourth-order valence-electron chi connectivity index (χ4n) is 3.76. The first kappa shape index (κ1) is 29.0. The third kappa shape index (κ3) is 7.57. The number of nitrogens with zero attached hydrogens (tertiary/aromatic N) is 3. The molecule has 0 saturated carbocycles. The highest BCUT2D eigenvalue weighted by atomic mass is 19.4. The van der Waals surface area contributed by atoms with Crippen molar-refractivity contribution < 1.29 is 27.9 Å². The zero-order valence-electron chi connectivity index (χ0n) is 22.2. The molecule has 4 rings (SSSR count). The summed E-state index contributed by atoms with van der Waals surface area (Å²) in [4.78, 5) is 35.3. The number of halogens is 3. The van der Waals surface area contributed by atoms with E-state index in [0.717, 1.165) is 29.3 Å². The highest BCUT2D eigenvalue weighted by Crippen LogP contribution is 2.30. The Morgan fingerprint density at radius 2 is 1.66 bits per heavy atom. The maximum Gasteiger partial charge on any atom is 0.416 e. The second-order valence-corrected chi connectivity index (χ2v) is 9.14. The van der Waals surface area contributed by atoms with Crippen LogP contribution in [0, 0.1) is 6.92 Å². The molecule has 3 aromatic carbocycles. The molecule has 212 valence electrons. The lowest BCUT2D eigenvalue weighted by Crippen LogP contribution is -2.32. The average Bonchev–Trinajstić information content (AvgIpc) is 2.97. The third-order valence-corrected chi connectivity index (χ3v) is 6.17. The summed E-state index contributed by atoms with van der Waals surface area (Å²) in [5.41, 5.74) is 2.08. The van der Waals surface area contributed by atoms with Gasteiger partial charge in [-0.1, -0.05) is 36.4 Å². The molecule has 0 aliphatic carbocycles. The summed E-state index contributed by atoms with van der Waals surface area (Å²) in [6.07, 6.45) is -3.25. The lowest BCUT2D eigenvalue weighted by atomic mass is 10.1. The maximum atomic E-state index is 13.0. The molecule has 0 saturated heterocycles. The van der Waals surface area contributed by atoms with Crippen LogP contribution in [-0.2, 0) is 19.3 Å². The van der Waals surface area contributed by atoms with Crippen LogP contribution >= 0.6 is 0 Å². The standard InChI is InChI=1S/C29H27F3N6O3/c1-18-6-11-23(36-27(40)21-4-3-5-22(12-21)29(30,31)32)13-24(18)37-28(41)38(2)26-14-25(34-17-35-26)33-15-19-7-9-20(16-39)10-8-19/h3-14,17,39H,15-16H2,1-2H3,(H,36,40)(H,37,41)(H,33,34,35). The molecule has 0 aliphatic heterocycles. The molecule has 9 nitrogen and oxygen atoms in total. The molecule has 1 aromatic heterocycles. The number of amides is 3. The zero-order chi connectivity index (χ0) is 29.6. The largest absolute Gasteiger partial charge is 0.416 e. The summed E-state index contributed by atoms with van der Waals surface area (Å²) in [5, 5.41) is 17.7. The first-order valence-corrected chi connectivity index (χ1v) is 12.4. The van der Waals surface area contributed by atoms with Crippen LogP contribution < -0.4 is 20.9 Å². The van der Waals surface area contributed by atoms with E-state index in [4.69, 9.17) is 0 Å². The molecule has 12 heteroatoms. The van der Waals surface area contributed by atoms with Gasteiger partial charge in [0, 0.05) is 36.6 Å². The Labute approximate surface area is 234 Å². The smallest absolute Gasteiger partial charge is 0.392 e. The van der Waals surface area contributed by atoms with Gasteiger partial charge in [-0.3, -0.25) is 9.69 Å². The molecule has 0 unspecified atom stereocenters. The van der Waals surface area contributed by atoms with E-state index in [-0.39, 0.29) is 17.9 Å². The van der Waals surface area contributed by atoms with Crippen molar-refractivity contribution in [2.45, 2.75) is 26.3 Å². The number of anilines is 4. The van der Waals surface area contributed by atoms with Crippen LogP contribution in [0.3, 0.4) is 0 Å². The number of hydrogen-bond donors (Lipinski definition) is 4. The van der Waals surface area contributed by atoms with E-state index in [2.05, 4.69) is 25.9 Å². The maximum absolute atomic E-state index is 13.0. The number of aryl methyl sites for hydroxylation is 1. The molecule has 1 heterocycles. The second kappa shape index (κ2) is 12.5. The molecule has 0 atom stereocenters. The third-order valence-electron chi connectivity index (χ3n) is 6.17. The number of urea groups is 1. The van der Waals surface area contributed by atoms with E-state index < -0.39 is 23.7 Å². The molecular weight excluding hydrogens is 537 g/mol. The van der Waals surface area contributed by atoms with Crippen molar-refractivity contribution in [2.24, 2.45) is 0 Å². The molecule has 4 N–H and O–H groups in total. The summed E-state index contributed by atoms with van der Waals surface area (Å²) in [6, 6.07) is 17.4. The van der Waals surface area contributed by atoms with Gasteiger partial charge in [0.15, 0.2) is 0 Å². The molecule has 3 amide bonds. The summed E-state index contributed by atoms with van der Waals surface area (Å²) in [5.74, 6) is 0.0957. The van der Waals surface area contributed by atoms with Gasteiger partial charge in [-0.25, -0.2) is 14.8 Å². The van der Waals surface area contributed by atoms with Gasteiger partial charge in [-0.2, -0.15) is 13.2 Å². The Morgan fingerprint density at radius 1 is 0.927 bits per heavy atom. The Balaban J connectivity index is 1.41. The minimum atomic E-state index is -4.57. The van der Waals surface area contributed by atoms with Crippen LogP contribution in [0.15, 0.2) is 79.1 Å². The number of alkyl halides is 3. The minimum absolute atomic E-state index is 0.0321. The first-order valence-electron chi connectivity index (χ1n) is 12.4. The Hall–Kier alpha value is -4.97. The zero-order valence-corrected chi connectivity index (χ0v) is 22.2. The lowest BCUT2D eigenvalue weighted by Gasteiger charge is -2.19. The number of carbonyl (C=O) groups excluding carboxylic acids is 2. The van der Waals surface area contributed by atoms with Gasteiger partial charge in [0.25, 0.3) is 5.91 Å². The molecular formula is C29H27F3N6O3. The van der Waals surface area contributed by atoms with Crippen molar-refractivity contribution in [2.75, 3.05) is 27.9 Å². The summed E-state index contributed by atoms with van der Waals surface area (Å²) in [6.45, 7) is 2.19. The molecule has 4 aromatic rings. The van der Waals surface area contributed by atoms with Gasteiger partial charge < -0.3 is 21.1 Å². The number of hydrogen-bond acceptors (Lipinski definition) is 6. The van der Waals surface area contributed by atoms with Crippen LogP contribution in [0.1, 0.15) is 32.6 Å². The first-order chi connectivity index (χ1) is 19.5. The monoisotopic (exact) mass is 564 g/mol. The van der Waals surface area contributed by atoms with Gasteiger partial charge in [0.1, 0.15) is 18.0 Å². The highest BCUT2D eigenvalue weighted by molar-refractivity contribution is 6.05. The molecule has 41 heavy (non-hydrogen) atoms. The predicted octanol–water partition coefficient (Wildman–Crippen LogP) is 5.83. The second-order valence-electron chi connectivity index (χ2n) is 9.14. The Morgan fingerprint density at radius 3 is 2.37 bits per heavy atom. The van der Waals surface area contributed by atoms with Gasteiger partial charge in [0.2, 0.25) is 0 Å². The van der Waals surface area contributed by atoms with Crippen LogP contribution in [0.2, 0.25) is 0 Å². The van der Waals surface area contributed by atoms with Crippen LogP contribution in [-0.4, -0.2) is 34.1 Å². The fraction of sp³-hybridized carbons (Fsp3) is 0.172. The van der Waals surface area contributed by atoms with E-state index in [0.29, 0.717) is 29.4 Å². The SMILES string of the molecule is Cc1ccc(NC(=O)c2cccc(C(F)(F)F)c2)cc1NC(=O)N(C)c1cc(NCc2ccc(CO)cc2)ncn1. The van der Waals surface area contributed by atoms with Gasteiger partial charge in [-0.15, -0.1) is 0 Å².